The van der Waals surface area contributed by atoms with Gasteiger partial charge in [0.2, 0.25) is 0 Å². The van der Waals surface area contributed by atoms with Crippen molar-refractivity contribution in [1.82, 2.24) is 0 Å². The number of nitrogens with one attached hydrogen (secondary N) is 1. The number of unbranched alkanes of at least 4 members (excludes halogenated alkanes) is 1. The summed E-state index contributed by atoms with van der Waals surface area (Å²) < 4.78 is 0. The Morgan fingerprint density at radius 3 is 2.19 bits per heavy atom. The van der Waals surface area contributed by atoms with Gasteiger partial charge >= 0.3 is 0 Å². The van der Waals surface area contributed by atoms with Gasteiger partial charge in [0, 0.05) is 5.97 Å². The van der Waals surface area contributed by atoms with Crippen molar-refractivity contribution in [3.63, 3.8) is 0 Å². The van der Waals surface area contributed by atoms with Crippen LogP contribution in [0, 0.1) is 5.92 Å². The van der Waals surface area contributed by atoms with E-state index in [0.717, 1.165) is 12.8 Å². The highest BCUT2D eigenvalue weighted by Crippen LogP contribution is 2.16. The monoisotopic (exact) mass is 229 g/mol. The van der Waals surface area contributed by atoms with Gasteiger partial charge in [-0.1, -0.05) is 26.2 Å². The van der Waals surface area contributed by atoms with Crippen LogP contribution in [0.2, 0.25) is 0 Å². The third-order valence-corrected chi connectivity index (χ3v) is 3.28. The van der Waals surface area contributed by atoms with Crippen molar-refractivity contribution in [2.24, 2.45) is 5.92 Å². The minimum atomic E-state index is -1.08. The van der Waals surface area contributed by atoms with Gasteiger partial charge < -0.3 is 14.8 Å². The Morgan fingerprint density at radius 1 is 1.31 bits per heavy atom. The van der Waals surface area contributed by atoms with Crippen LogP contribution >= 0.6 is 0 Å². The maximum atomic E-state index is 8.89. The Kier molecular flexibility index (Phi) is 9.30. The molecule has 0 radical (unpaired) electrons. The van der Waals surface area contributed by atoms with Crippen LogP contribution < -0.4 is 10.0 Å². The van der Waals surface area contributed by atoms with E-state index < -0.39 is 5.97 Å². The van der Waals surface area contributed by atoms with Gasteiger partial charge in [0.25, 0.3) is 0 Å². The molecule has 1 rings (SSSR count). The van der Waals surface area contributed by atoms with Gasteiger partial charge in [-0.05, 0) is 32.6 Å². The molecule has 0 aliphatic carbocycles. The van der Waals surface area contributed by atoms with Gasteiger partial charge in [-0.3, -0.25) is 0 Å². The standard InChI is InChI=1S/C11H23N.C2H4O2/c1-3-5-6-11-7-9-12(4-2)10-8-11;1-2(3)4/h11H,3-10H2,1-2H3;1H3,(H,3,4). The predicted molar refractivity (Wildman–Crippen MR) is 64.2 cm³/mol. The Hall–Kier alpha value is -0.570. The van der Waals surface area contributed by atoms with Crippen LogP contribution in [0.15, 0.2) is 0 Å². The van der Waals surface area contributed by atoms with Crippen LogP contribution in [-0.2, 0) is 4.79 Å². The summed E-state index contributed by atoms with van der Waals surface area (Å²) in [5.74, 6) is -0.0137. The fourth-order valence-electron chi connectivity index (χ4n) is 2.22. The summed E-state index contributed by atoms with van der Waals surface area (Å²) in [4.78, 5) is 10.7. The second kappa shape index (κ2) is 9.64. The average Bonchev–Trinajstić information content (AvgIpc) is 2.26. The zero-order valence-corrected chi connectivity index (χ0v) is 11.1. The lowest BCUT2D eigenvalue weighted by Crippen LogP contribution is -3.12. The average molecular weight is 229 g/mol. The first kappa shape index (κ1) is 15.4. The van der Waals surface area contributed by atoms with Crippen LogP contribution in [0.3, 0.4) is 0 Å². The van der Waals surface area contributed by atoms with E-state index in [1.165, 1.54) is 51.7 Å². The van der Waals surface area contributed by atoms with Crippen molar-refractivity contribution in [3.8, 4) is 0 Å². The van der Waals surface area contributed by atoms with E-state index in [1.54, 1.807) is 0 Å². The molecule has 1 aliphatic heterocycles. The quantitative estimate of drug-likeness (QED) is 0.751. The number of carboxylic acids is 1. The second-order valence-corrected chi connectivity index (χ2v) is 4.68. The van der Waals surface area contributed by atoms with Gasteiger partial charge in [0.1, 0.15) is 0 Å². The molecular formula is C13H27NO2. The van der Waals surface area contributed by atoms with Gasteiger partial charge in [-0.2, -0.15) is 0 Å². The third-order valence-electron chi connectivity index (χ3n) is 3.28. The highest BCUT2D eigenvalue weighted by atomic mass is 16.4. The lowest BCUT2D eigenvalue weighted by atomic mass is 9.92. The van der Waals surface area contributed by atoms with E-state index in [1.807, 2.05) is 4.90 Å². The molecule has 0 saturated carbocycles. The van der Waals surface area contributed by atoms with Crippen LogP contribution in [0.5, 0.6) is 0 Å². The minimum absolute atomic E-state index is 0.972. The van der Waals surface area contributed by atoms with E-state index in [9.17, 15) is 0 Å². The first-order valence-corrected chi connectivity index (χ1v) is 6.61. The van der Waals surface area contributed by atoms with Crippen molar-refractivity contribution in [2.45, 2.75) is 52.9 Å². The highest BCUT2D eigenvalue weighted by molar-refractivity contribution is 5.60. The first-order chi connectivity index (χ1) is 7.60. The fourth-order valence-corrected chi connectivity index (χ4v) is 2.22. The summed E-state index contributed by atoms with van der Waals surface area (Å²) in [5.41, 5.74) is 0. The number of hydrogen-bond donors (Lipinski definition) is 1. The number of likely N-dealkylation sites (tertiary alicyclic amines) is 1. The van der Waals surface area contributed by atoms with Crippen molar-refractivity contribution < 1.29 is 14.8 Å². The van der Waals surface area contributed by atoms with E-state index in [4.69, 9.17) is 9.90 Å². The number of hydrogen-bond acceptors (Lipinski definition) is 2. The van der Waals surface area contributed by atoms with Crippen molar-refractivity contribution >= 4 is 5.97 Å². The molecule has 1 N–H and O–H groups in total. The lowest BCUT2D eigenvalue weighted by Gasteiger charge is -2.28. The molecule has 0 aromatic heterocycles. The number of aliphatic carboxylic acids is 1. The molecule has 0 aromatic rings. The zero-order valence-electron chi connectivity index (χ0n) is 11.1. The molecule has 0 unspecified atom stereocenters. The van der Waals surface area contributed by atoms with Gasteiger partial charge in [0.05, 0.1) is 19.6 Å². The molecule has 1 fully saturated rings. The SMILES string of the molecule is CC(=O)[O-].CCCCC1CC[NH+](CC)CC1. The van der Waals surface area contributed by atoms with Crippen LogP contribution in [0.4, 0.5) is 0 Å². The number of rotatable bonds is 4. The normalized spacial score (nSPS) is 24.4. The smallest absolute Gasteiger partial charge is 0.0773 e. The first-order valence-electron chi connectivity index (χ1n) is 6.61. The predicted octanol–water partition coefficient (Wildman–Crippen LogP) is 0.248. The maximum absolute atomic E-state index is 8.89. The Morgan fingerprint density at radius 2 is 1.81 bits per heavy atom. The van der Waals surface area contributed by atoms with Crippen molar-refractivity contribution in [1.29, 1.82) is 0 Å². The lowest BCUT2D eigenvalue weighted by molar-refractivity contribution is -0.904. The molecule has 1 heterocycles. The topological polar surface area (TPSA) is 44.6 Å². The number of carboxylic acid groups (broad SMARTS) is 1. The van der Waals surface area contributed by atoms with Crippen molar-refractivity contribution in [2.75, 3.05) is 19.6 Å². The van der Waals surface area contributed by atoms with E-state index in [0.29, 0.717) is 0 Å². The molecule has 3 nitrogen and oxygen atoms in total. The maximum Gasteiger partial charge on any atom is 0.0773 e. The molecule has 0 spiro atoms. The summed E-state index contributed by atoms with van der Waals surface area (Å²) in [6.45, 7) is 9.78. The van der Waals surface area contributed by atoms with Gasteiger partial charge in [-0.25, -0.2) is 0 Å². The second-order valence-electron chi connectivity index (χ2n) is 4.68. The fraction of sp³-hybridized carbons (Fsp3) is 0.923. The van der Waals surface area contributed by atoms with Gasteiger partial charge in [0.15, 0.2) is 0 Å². The number of piperidine rings is 1. The van der Waals surface area contributed by atoms with Crippen LogP contribution in [0.25, 0.3) is 0 Å². The summed E-state index contributed by atoms with van der Waals surface area (Å²) in [7, 11) is 0. The summed E-state index contributed by atoms with van der Waals surface area (Å²) >= 11 is 0. The molecule has 16 heavy (non-hydrogen) atoms. The number of carbonyl (C=O) groups is 1. The molecular weight excluding hydrogens is 202 g/mol. The molecule has 0 amide bonds. The van der Waals surface area contributed by atoms with Crippen LogP contribution in [0.1, 0.15) is 52.9 Å². The molecule has 0 aromatic carbocycles. The molecule has 1 aliphatic rings. The highest BCUT2D eigenvalue weighted by Gasteiger charge is 2.19. The Balaban J connectivity index is 0.000000487. The van der Waals surface area contributed by atoms with Crippen molar-refractivity contribution in [3.05, 3.63) is 0 Å². The summed E-state index contributed by atoms with van der Waals surface area (Å²) in [6, 6.07) is 0. The molecule has 96 valence electrons. The van der Waals surface area contributed by atoms with Gasteiger partial charge in [-0.15, -0.1) is 0 Å². The minimum Gasteiger partial charge on any atom is -0.550 e. The molecule has 0 atom stereocenters. The number of quaternary nitrogens is 1. The van der Waals surface area contributed by atoms with E-state index in [-0.39, 0.29) is 0 Å². The van der Waals surface area contributed by atoms with E-state index >= 15 is 0 Å². The molecule has 3 heteroatoms. The molecule has 1 saturated heterocycles. The van der Waals surface area contributed by atoms with Crippen LogP contribution in [-0.4, -0.2) is 25.6 Å². The Bertz CT molecular complexity index is 171. The third kappa shape index (κ3) is 8.72. The Labute approximate surface area is 99.8 Å². The largest absolute Gasteiger partial charge is 0.550 e. The summed E-state index contributed by atoms with van der Waals surface area (Å²) in [5, 5.41) is 8.89. The zero-order chi connectivity index (χ0) is 12.4. The number of carbonyl (C=O) groups excluding carboxylic acids is 1. The summed E-state index contributed by atoms with van der Waals surface area (Å²) in [6.07, 6.45) is 7.30. The molecule has 0 bridgehead atoms. The van der Waals surface area contributed by atoms with E-state index in [2.05, 4.69) is 13.8 Å².